The third kappa shape index (κ3) is 6.74. The molecule has 2 aromatic carbocycles. The molecule has 0 atom stereocenters. The maximum Gasteiger partial charge on any atom is 0.253 e. The number of anilines is 2. The SMILES string of the molecule is CN(CC(=O)Nc1ccc(C(=O)N(C)C)cc1)CC(=O)Nc1c(Cl)cccc1Cl. The van der Waals surface area contributed by atoms with Gasteiger partial charge in [0.1, 0.15) is 0 Å². The second-order valence-corrected chi connectivity index (χ2v) is 7.46. The van der Waals surface area contributed by atoms with Crippen LogP contribution in [0.2, 0.25) is 10.0 Å². The lowest BCUT2D eigenvalue weighted by atomic mass is 10.2. The van der Waals surface area contributed by atoms with Crippen molar-refractivity contribution in [1.82, 2.24) is 9.80 Å². The summed E-state index contributed by atoms with van der Waals surface area (Å²) in [5, 5.41) is 6.05. The molecule has 0 fully saturated rings. The number of para-hydroxylation sites is 1. The summed E-state index contributed by atoms with van der Waals surface area (Å²) in [5.41, 5.74) is 1.43. The molecule has 3 amide bonds. The predicted octanol–water partition coefficient (Wildman–Crippen LogP) is 3.20. The molecule has 0 spiro atoms. The highest BCUT2D eigenvalue weighted by Gasteiger charge is 2.14. The molecule has 7 nitrogen and oxygen atoms in total. The van der Waals surface area contributed by atoms with E-state index in [4.69, 9.17) is 23.2 Å². The lowest BCUT2D eigenvalue weighted by Gasteiger charge is -2.17. The summed E-state index contributed by atoms with van der Waals surface area (Å²) in [5.74, 6) is -0.753. The maximum atomic E-state index is 12.2. The molecule has 2 rings (SSSR count). The van der Waals surface area contributed by atoms with Gasteiger partial charge < -0.3 is 15.5 Å². The normalized spacial score (nSPS) is 10.6. The minimum absolute atomic E-state index is 0.00204. The first-order valence-electron chi connectivity index (χ1n) is 8.71. The van der Waals surface area contributed by atoms with Crippen LogP contribution in [0.15, 0.2) is 42.5 Å². The van der Waals surface area contributed by atoms with Gasteiger partial charge in [-0.05, 0) is 43.4 Å². The van der Waals surface area contributed by atoms with Crippen molar-refractivity contribution in [2.45, 2.75) is 0 Å². The number of rotatable bonds is 7. The summed E-state index contributed by atoms with van der Waals surface area (Å²) in [7, 11) is 4.99. The van der Waals surface area contributed by atoms with Gasteiger partial charge in [-0.2, -0.15) is 0 Å². The minimum Gasteiger partial charge on any atom is -0.345 e. The molecule has 0 saturated carbocycles. The van der Waals surface area contributed by atoms with Crippen LogP contribution in [-0.2, 0) is 9.59 Å². The van der Waals surface area contributed by atoms with Crippen LogP contribution in [0.25, 0.3) is 0 Å². The number of amides is 3. The molecule has 0 aliphatic carbocycles. The molecule has 2 N–H and O–H groups in total. The average Bonchev–Trinajstić information content (AvgIpc) is 2.64. The standard InChI is InChI=1S/C20H22Cl2N4O3/c1-25(2)20(29)13-7-9-14(10-8-13)23-17(27)11-26(3)12-18(28)24-19-15(21)5-4-6-16(19)22/h4-10H,11-12H2,1-3H3,(H,23,27)(H,24,28). The summed E-state index contributed by atoms with van der Waals surface area (Å²) in [6.45, 7) is -0.0205. The van der Waals surface area contributed by atoms with Crippen molar-refractivity contribution >= 4 is 52.3 Å². The summed E-state index contributed by atoms with van der Waals surface area (Å²) in [4.78, 5) is 39.3. The van der Waals surface area contributed by atoms with Gasteiger partial charge in [-0.3, -0.25) is 19.3 Å². The number of carbonyl (C=O) groups is 3. The summed E-state index contributed by atoms with van der Waals surface area (Å²) in [6.07, 6.45) is 0. The second kappa shape index (κ2) is 10.2. The number of carbonyl (C=O) groups excluding carboxylic acids is 3. The number of benzene rings is 2. The molecule has 0 heterocycles. The number of hydrogen-bond acceptors (Lipinski definition) is 4. The highest BCUT2D eigenvalue weighted by Crippen LogP contribution is 2.29. The Morgan fingerprint density at radius 1 is 0.828 bits per heavy atom. The lowest BCUT2D eigenvalue weighted by Crippen LogP contribution is -2.36. The number of nitrogens with one attached hydrogen (secondary N) is 2. The molecule has 0 saturated heterocycles. The van der Waals surface area contributed by atoms with Gasteiger partial charge in [0, 0.05) is 25.3 Å². The predicted molar refractivity (Wildman–Crippen MR) is 116 cm³/mol. The van der Waals surface area contributed by atoms with E-state index in [9.17, 15) is 14.4 Å². The Kier molecular flexibility index (Phi) is 8.01. The van der Waals surface area contributed by atoms with Crippen LogP contribution in [0, 0.1) is 0 Å². The monoisotopic (exact) mass is 436 g/mol. The fourth-order valence-corrected chi connectivity index (χ4v) is 2.99. The van der Waals surface area contributed by atoms with Gasteiger partial charge in [0.05, 0.1) is 28.8 Å². The summed E-state index contributed by atoms with van der Waals surface area (Å²) < 4.78 is 0. The zero-order valence-corrected chi connectivity index (χ0v) is 17.8. The number of halogens is 2. The van der Waals surface area contributed by atoms with E-state index < -0.39 is 0 Å². The Labute approximate surface area is 179 Å². The zero-order chi connectivity index (χ0) is 21.6. The average molecular weight is 437 g/mol. The van der Waals surface area contributed by atoms with Gasteiger partial charge in [-0.1, -0.05) is 29.3 Å². The van der Waals surface area contributed by atoms with Gasteiger partial charge in [-0.15, -0.1) is 0 Å². The van der Waals surface area contributed by atoms with Crippen LogP contribution in [0.5, 0.6) is 0 Å². The van der Waals surface area contributed by atoms with E-state index in [1.807, 2.05) is 0 Å². The van der Waals surface area contributed by atoms with E-state index in [1.54, 1.807) is 68.5 Å². The topological polar surface area (TPSA) is 81.8 Å². The first kappa shape index (κ1) is 22.7. The van der Waals surface area contributed by atoms with Crippen molar-refractivity contribution in [3.8, 4) is 0 Å². The van der Waals surface area contributed by atoms with Gasteiger partial charge in [0.15, 0.2) is 0 Å². The van der Waals surface area contributed by atoms with Crippen molar-refractivity contribution in [2.75, 3.05) is 44.9 Å². The second-order valence-electron chi connectivity index (χ2n) is 6.64. The van der Waals surface area contributed by atoms with E-state index in [1.165, 1.54) is 4.90 Å². The van der Waals surface area contributed by atoms with Crippen LogP contribution < -0.4 is 10.6 Å². The Hall–Kier alpha value is -2.61. The molecule has 0 aromatic heterocycles. The summed E-state index contributed by atoms with van der Waals surface area (Å²) in [6, 6.07) is 11.5. The molecule has 9 heteroatoms. The van der Waals surface area contributed by atoms with E-state index in [2.05, 4.69) is 10.6 Å². The highest BCUT2D eigenvalue weighted by molar-refractivity contribution is 6.39. The van der Waals surface area contributed by atoms with Gasteiger partial charge in [0.2, 0.25) is 11.8 Å². The fraction of sp³-hybridized carbons (Fsp3) is 0.250. The van der Waals surface area contributed by atoms with Crippen LogP contribution in [0.4, 0.5) is 11.4 Å². The van der Waals surface area contributed by atoms with Crippen molar-refractivity contribution in [1.29, 1.82) is 0 Å². The van der Waals surface area contributed by atoms with Gasteiger partial charge in [-0.25, -0.2) is 0 Å². The van der Waals surface area contributed by atoms with Crippen LogP contribution in [0.3, 0.4) is 0 Å². The highest BCUT2D eigenvalue weighted by atomic mass is 35.5. The number of hydrogen-bond donors (Lipinski definition) is 2. The fourth-order valence-electron chi connectivity index (χ4n) is 2.50. The molecule has 0 aliphatic rings. The molecule has 2 aromatic rings. The number of nitrogens with zero attached hydrogens (tertiary/aromatic N) is 2. The van der Waals surface area contributed by atoms with E-state index >= 15 is 0 Å². The van der Waals surface area contributed by atoms with Crippen molar-refractivity contribution < 1.29 is 14.4 Å². The Morgan fingerprint density at radius 3 is 1.86 bits per heavy atom. The van der Waals surface area contributed by atoms with E-state index in [-0.39, 0.29) is 30.8 Å². The molecule has 0 radical (unpaired) electrons. The Bertz CT molecular complexity index is 881. The third-order valence-electron chi connectivity index (χ3n) is 3.88. The Morgan fingerprint density at radius 2 is 1.34 bits per heavy atom. The molecule has 154 valence electrons. The smallest absolute Gasteiger partial charge is 0.253 e. The minimum atomic E-state index is -0.346. The largest absolute Gasteiger partial charge is 0.345 e. The van der Waals surface area contributed by atoms with E-state index in [0.29, 0.717) is 27.0 Å². The van der Waals surface area contributed by atoms with E-state index in [0.717, 1.165) is 0 Å². The van der Waals surface area contributed by atoms with Crippen molar-refractivity contribution in [3.63, 3.8) is 0 Å². The van der Waals surface area contributed by atoms with Crippen LogP contribution in [0.1, 0.15) is 10.4 Å². The van der Waals surface area contributed by atoms with Crippen LogP contribution in [-0.4, -0.2) is 61.8 Å². The van der Waals surface area contributed by atoms with Crippen molar-refractivity contribution in [3.05, 3.63) is 58.1 Å². The number of likely N-dealkylation sites (N-methyl/N-ethyl adjacent to an activating group) is 1. The van der Waals surface area contributed by atoms with Crippen molar-refractivity contribution in [2.24, 2.45) is 0 Å². The molecule has 29 heavy (non-hydrogen) atoms. The Balaban J connectivity index is 1.85. The first-order chi connectivity index (χ1) is 13.7. The molecule has 0 bridgehead atoms. The van der Waals surface area contributed by atoms with Crippen LogP contribution >= 0.6 is 23.2 Å². The molecular formula is C20H22Cl2N4O3. The first-order valence-corrected chi connectivity index (χ1v) is 9.47. The molecule has 0 unspecified atom stereocenters. The van der Waals surface area contributed by atoms with Gasteiger partial charge >= 0.3 is 0 Å². The maximum absolute atomic E-state index is 12.2. The quantitative estimate of drug-likeness (QED) is 0.697. The molecular weight excluding hydrogens is 415 g/mol. The summed E-state index contributed by atoms with van der Waals surface area (Å²) >= 11 is 12.1. The zero-order valence-electron chi connectivity index (χ0n) is 16.3. The third-order valence-corrected chi connectivity index (χ3v) is 4.51. The van der Waals surface area contributed by atoms with Gasteiger partial charge in [0.25, 0.3) is 5.91 Å². The molecule has 0 aliphatic heterocycles. The lowest BCUT2D eigenvalue weighted by molar-refractivity contribution is -0.119.